The van der Waals surface area contributed by atoms with Crippen molar-refractivity contribution in [1.82, 2.24) is 0 Å². The molecule has 1 fully saturated rings. The zero-order valence-corrected chi connectivity index (χ0v) is 18.8. The molecule has 0 aromatic heterocycles. The molecule has 1 saturated carbocycles. The van der Waals surface area contributed by atoms with Gasteiger partial charge in [-0.1, -0.05) is 0 Å². The van der Waals surface area contributed by atoms with Gasteiger partial charge >= 0.3 is 35.8 Å². The molecule has 0 amide bonds. The second kappa shape index (κ2) is 11.4. The van der Waals surface area contributed by atoms with Crippen LogP contribution in [0.25, 0.3) is 0 Å². The lowest BCUT2D eigenvalue weighted by atomic mass is 9.70. The summed E-state index contributed by atoms with van der Waals surface area (Å²) in [7, 11) is 0. The van der Waals surface area contributed by atoms with Crippen molar-refractivity contribution in [2.45, 2.75) is 71.9 Å². The highest BCUT2D eigenvalue weighted by molar-refractivity contribution is 5.70. The maximum atomic E-state index is 12.1. The first-order chi connectivity index (χ1) is 14.8. The van der Waals surface area contributed by atoms with E-state index < -0.39 is 72.3 Å². The van der Waals surface area contributed by atoms with Crippen LogP contribution in [0.3, 0.4) is 0 Å². The third kappa shape index (κ3) is 7.50. The molecule has 5 atom stereocenters. The Hall–Kier alpha value is -3.18. The van der Waals surface area contributed by atoms with Gasteiger partial charge in [-0.3, -0.25) is 28.8 Å². The number of esters is 6. The number of hydrogen-bond acceptors (Lipinski definition) is 12. The van der Waals surface area contributed by atoms with E-state index in [0.29, 0.717) is 0 Å². The zero-order valence-electron chi connectivity index (χ0n) is 18.8. The van der Waals surface area contributed by atoms with Crippen molar-refractivity contribution in [2.75, 3.05) is 13.2 Å². The average molecular weight is 460 g/mol. The molecule has 0 saturated heterocycles. The standard InChI is InChI=1S/C20H28O12/c1-10(21)27-8-16-7-17(29-12(3)23)18(30-13(4)24)19(31-14(5)25)20(16,32-15(6)26)9-28-11(2)22/h16-19H,7-9H2,1-6H3/t16-,17-,18+,19+,20+/m1/s1. The Labute approximate surface area is 184 Å². The molecule has 1 aliphatic rings. The van der Waals surface area contributed by atoms with E-state index in [1.165, 1.54) is 0 Å². The van der Waals surface area contributed by atoms with Crippen LogP contribution in [-0.4, -0.2) is 72.9 Å². The van der Waals surface area contributed by atoms with Crippen LogP contribution in [0.2, 0.25) is 0 Å². The van der Waals surface area contributed by atoms with E-state index >= 15 is 0 Å². The highest BCUT2D eigenvalue weighted by Crippen LogP contribution is 2.42. The Morgan fingerprint density at radius 3 is 1.66 bits per heavy atom. The maximum Gasteiger partial charge on any atom is 0.303 e. The predicted molar refractivity (Wildman–Crippen MR) is 103 cm³/mol. The Morgan fingerprint density at radius 2 is 1.22 bits per heavy atom. The van der Waals surface area contributed by atoms with Crippen molar-refractivity contribution in [3.05, 3.63) is 0 Å². The summed E-state index contributed by atoms with van der Waals surface area (Å²) in [6.45, 7) is 5.62. The molecule has 0 unspecified atom stereocenters. The first kappa shape index (κ1) is 26.9. The summed E-state index contributed by atoms with van der Waals surface area (Å²) < 4.78 is 31.7. The Morgan fingerprint density at radius 1 is 0.688 bits per heavy atom. The summed E-state index contributed by atoms with van der Waals surface area (Å²) in [5.41, 5.74) is -1.92. The van der Waals surface area contributed by atoms with Crippen LogP contribution in [0.4, 0.5) is 0 Å². The Bertz CT molecular complexity index is 760. The van der Waals surface area contributed by atoms with Crippen molar-refractivity contribution in [2.24, 2.45) is 5.92 Å². The van der Waals surface area contributed by atoms with Gasteiger partial charge in [0, 0.05) is 47.5 Å². The van der Waals surface area contributed by atoms with Gasteiger partial charge in [0.2, 0.25) is 0 Å². The van der Waals surface area contributed by atoms with Crippen molar-refractivity contribution in [1.29, 1.82) is 0 Å². The molecule has 12 nitrogen and oxygen atoms in total. The van der Waals surface area contributed by atoms with Crippen molar-refractivity contribution < 1.29 is 57.2 Å². The minimum atomic E-state index is -1.92. The molecule has 0 aromatic rings. The van der Waals surface area contributed by atoms with E-state index in [-0.39, 0.29) is 13.0 Å². The topological polar surface area (TPSA) is 158 Å². The predicted octanol–water partition coefficient (Wildman–Crippen LogP) is 0.230. The molecule has 180 valence electrons. The quantitative estimate of drug-likeness (QED) is 0.359. The summed E-state index contributed by atoms with van der Waals surface area (Å²) in [5, 5.41) is 0. The van der Waals surface area contributed by atoms with E-state index in [0.717, 1.165) is 41.5 Å². The number of hydrogen-bond donors (Lipinski definition) is 0. The van der Waals surface area contributed by atoms with Gasteiger partial charge in [-0.05, 0) is 6.42 Å². The highest BCUT2D eigenvalue weighted by Gasteiger charge is 2.63. The molecule has 1 rings (SSSR count). The normalized spacial score (nSPS) is 26.8. The lowest BCUT2D eigenvalue weighted by Crippen LogP contribution is -2.69. The number of rotatable bonds is 8. The molecule has 0 aromatic carbocycles. The van der Waals surface area contributed by atoms with Gasteiger partial charge in [0.15, 0.2) is 17.8 Å². The molecule has 0 N–H and O–H groups in total. The first-order valence-corrected chi connectivity index (χ1v) is 9.76. The van der Waals surface area contributed by atoms with Gasteiger partial charge in [-0.15, -0.1) is 0 Å². The smallest absolute Gasteiger partial charge is 0.303 e. The van der Waals surface area contributed by atoms with Crippen LogP contribution in [0.15, 0.2) is 0 Å². The second-order valence-electron chi connectivity index (χ2n) is 7.32. The van der Waals surface area contributed by atoms with E-state index in [1.54, 1.807) is 0 Å². The van der Waals surface area contributed by atoms with Gasteiger partial charge in [-0.25, -0.2) is 0 Å². The van der Waals surface area contributed by atoms with Crippen LogP contribution in [-0.2, 0) is 57.2 Å². The first-order valence-electron chi connectivity index (χ1n) is 9.76. The molecular formula is C20H28O12. The van der Waals surface area contributed by atoms with Gasteiger partial charge in [0.1, 0.15) is 12.7 Å². The molecule has 12 heteroatoms. The van der Waals surface area contributed by atoms with E-state index in [2.05, 4.69) is 0 Å². The maximum absolute atomic E-state index is 12.1. The molecule has 1 aliphatic carbocycles. The number of carbonyl (C=O) groups is 6. The third-order valence-electron chi connectivity index (χ3n) is 4.59. The monoisotopic (exact) mass is 460 g/mol. The number of carbonyl (C=O) groups excluding carboxylic acids is 6. The SMILES string of the molecule is CC(=O)OC[C@H]1C[C@@H](OC(C)=O)[C@H](OC(C)=O)[C@H](OC(C)=O)[C@@]1(COC(C)=O)OC(C)=O. The number of ether oxygens (including phenoxy) is 6. The molecule has 32 heavy (non-hydrogen) atoms. The summed E-state index contributed by atoms with van der Waals surface area (Å²) >= 11 is 0. The van der Waals surface area contributed by atoms with Crippen LogP contribution in [0, 0.1) is 5.92 Å². The van der Waals surface area contributed by atoms with Gasteiger partial charge in [-0.2, -0.15) is 0 Å². The minimum Gasteiger partial charge on any atom is -0.465 e. The van der Waals surface area contributed by atoms with E-state index in [1.807, 2.05) is 0 Å². The zero-order chi connectivity index (χ0) is 24.6. The van der Waals surface area contributed by atoms with Crippen LogP contribution < -0.4 is 0 Å². The summed E-state index contributed by atoms with van der Waals surface area (Å²) in [6, 6.07) is 0. The third-order valence-corrected chi connectivity index (χ3v) is 4.59. The molecule has 0 radical (unpaired) electrons. The lowest BCUT2D eigenvalue weighted by molar-refractivity contribution is -0.261. The fourth-order valence-electron chi connectivity index (χ4n) is 3.60. The van der Waals surface area contributed by atoms with E-state index in [4.69, 9.17) is 28.4 Å². The largest absolute Gasteiger partial charge is 0.465 e. The summed E-state index contributed by atoms with van der Waals surface area (Å²) in [4.78, 5) is 70.5. The fraction of sp³-hybridized carbons (Fsp3) is 0.700. The minimum absolute atomic E-state index is 0.142. The summed E-state index contributed by atoms with van der Waals surface area (Å²) in [5.74, 6) is -5.59. The highest BCUT2D eigenvalue weighted by atomic mass is 16.6. The Balaban J connectivity index is 3.69. The molecule has 0 spiro atoms. The Kier molecular flexibility index (Phi) is 9.60. The van der Waals surface area contributed by atoms with Gasteiger partial charge in [0.25, 0.3) is 0 Å². The van der Waals surface area contributed by atoms with Gasteiger partial charge in [0.05, 0.1) is 6.61 Å². The van der Waals surface area contributed by atoms with Crippen molar-refractivity contribution >= 4 is 35.8 Å². The lowest BCUT2D eigenvalue weighted by Gasteiger charge is -2.51. The fourth-order valence-corrected chi connectivity index (χ4v) is 3.60. The van der Waals surface area contributed by atoms with Gasteiger partial charge < -0.3 is 28.4 Å². The molecule has 0 aliphatic heterocycles. The average Bonchev–Trinajstić information content (AvgIpc) is 2.62. The summed E-state index contributed by atoms with van der Waals surface area (Å²) in [6.07, 6.45) is -4.27. The molecular weight excluding hydrogens is 432 g/mol. The molecule has 0 heterocycles. The van der Waals surface area contributed by atoms with E-state index in [9.17, 15) is 28.8 Å². The van der Waals surface area contributed by atoms with Crippen LogP contribution >= 0.6 is 0 Å². The van der Waals surface area contributed by atoms with Crippen molar-refractivity contribution in [3.8, 4) is 0 Å². The van der Waals surface area contributed by atoms with Crippen molar-refractivity contribution in [3.63, 3.8) is 0 Å². The second-order valence-corrected chi connectivity index (χ2v) is 7.32. The van der Waals surface area contributed by atoms with Crippen LogP contribution in [0.1, 0.15) is 48.0 Å². The van der Waals surface area contributed by atoms with Crippen LogP contribution in [0.5, 0.6) is 0 Å². The molecule has 0 bridgehead atoms.